The summed E-state index contributed by atoms with van der Waals surface area (Å²) in [7, 11) is 0. The number of rotatable bonds is 3. The molecule has 0 atom stereocenters. The van der Waals surface area contributed by atoms with Crippen molar-refractivity contribution in [3.63, 3.8) is 0 Å². The molecule has 1 fully saturated rings. The molecule has 1 N–H and O–H groups in total. The fourth-order valence-electron chi connectivity index (χ4n) is 3.42. The van der Waals surface area contributed by atoms with Gasteiger partial charge in [-0.25, -0.2) is 14.2 Å². The molecule has 4 rings (SSSR count). The van der Waals surface area contributed by atoms with Crippen LogP contribution in [0.1, 0.15) is 25.6 Å². The van der Waals surface area contributed by atoms with Crippen LogP contribution in [0.3, 0.4) is 0 Å². The molecule has 8 heteroatoms. The molecule has 1 aliphatic heterocycles. The van der Waals surface area contributed by atoms with E-state index in [4.69, 9.17) is 9.72 Å². The molecule has 0 saturated carbocycles. The summed E-state index contributed by atoms with van der Waals surface area (Å²) in [5, 5.41) is 13.0. The monoisotopic (exact) mass is 354 g/mol. The summed E-state index contributed by atoms with van der Waals surface area (Å²) in [5.74, 6) is 1.54. The number of ether oxygens (including phenoxy) is 1. The maximum absolute atomic E-state index is 11.8. The lowest BCUT2D eigenvalue weighted by Crippen LogP contribution is -2.43. The topological polar surface area (TPSA) is 84.6 Å². The number of fused-ring (bicyclic) bond motifs is 3. The van der Waals surface area contributed by atoms with E-state index in [0.29, 0.717) is 19.7 Å². The third-order valence-electron chi connectivity index (χ3n) is 4.76. The van der Waals surface area contributed by atoms with Gasteiger partial charge in [0, 0.05) is 24.5 Å². The average Bonchev–Trinajstić information content (AvgIpc) is 3.05. The predicted molar refractivity (Wildman–Crippen MR) is 98.3 cm³/mol. The Morgan fingerprint density at radius 2 is 2.04 bits per heavy atom. The predicted octanol–water partition coefficient (Wildman–Crippen LogP) is 2.62. The average molecular weight is 354 g/mol. The number of para-hydroxylation sites is 1. The summed E-state index contributed by atoms with van der Waals surface area (Å²) in [5.41, 5.74) is 1.69. The number of aryl methyl sites for hydroxylation is 1. The molecule has 0 aliphatic carbocycles. The van der Waals surface area contributed by atoms with Gasteiger partial charge in [-0.15, -0.1) is 10.2 Å². The molecule has 1 aliphatic rings. The molecule has 26 heavy (non-hydrogen) atoms. The fourth-order valence-corrected chi connectivity index (χ4v) is 3.42. The molecule has 3 aromatic rings. The number of nitrogens with zero attached hydrogens (tertiary/aromatic N) is 5. The van der Waals surface area contributed by atoms with Crippen molar-refractivity contribution in [2.45, 2.75) is 32.7 Å². The van der Waals surface area contributed by atoms with Crippen molar-refractivity contribution in [1.29, 1.82) is 0 Å². The third kappa shape index (κ3) is 2.91. The minimum absolute atomic E-state index is 0.230. The first-order valence-corrected chi connectivity index (χ1v) is 8.96. The summed E-state index contributed by atoms with van der Waals surface area (Å²) < 4.78 is 7.04. The number of benzene rings is 1. The summed E-state index contributed by atoms with van der Waals surface area (Å²) in [6, 6.07) is 8.17. The number of nitrogens with one attached hydrogen (secondary N) is 1. The number of hydrogen-bond acceptors (Lipinski definition) is 6. The van der Waals surface area contributed by atoms with Crippen molar-refractivity contribution in [1.82, 2.24) is 24.5 Å². The van der Waals surface area contributed by atoms with Gasteiger partial charge in [0.05, 0.1) is 12.1 Å². The van der Waals surface area contributed by atoms with Crippen LogP contribution in [0.5, 0.6) is 0 Å². The first kappa shape index (κ1) is 16.6. The molecule has 1 amide bonds. The summed E-state index contributed by atoms with van der Waals surface area (Å²) in [6.07, 6.45) is 1.46. The van der Waals surface area contributed by atoms with Crippen LogP contribution < -0.4 is 5.32 Å². The number of hydrogen-bond donors (Lipinski definition) is 1. The largest absolute Gasteiger partial charge is 0.450 e. The van der Waals surface area contributed by atoms with Crippen LogP contribution in [0.4, 0.5) is 10.7 Å². The normalized spacial score (nSPS) is 15.5. The van der Waals surface area contributed by atoms with Crippen LogP contribution in [0, 0.1) is 6.92 Å². The Morgan fingerprint density at radius 1 is 1.27 bits per heavy atom. The Hall–Kier alpha value is -2.90. The second kappa shape index (κ2) is 6.78. The molecule has 1 saturated heterocycles. The minimum atomic E-state index is -0.230. The lowest BCUT2D eigenvalue weighted by molar-refractivity contribution is 0.0983. The van der Waals surface area contributed by atoms with E-state index in [1.54, 1.807) is 4.90 Å². The third-order valence-corrected chi connectivity index (χ3v) is 4.76. The van der Waals surface area contributed by atoms with Gasteiger partial charge in [-0.1, -0.05) is 12.1 Å². The van der Waals surface area contributed by atoms with E-state index in [2.05, 4.69) is 15.5 Å². The molecule has 1 aromatic carbocycles. The van der Waals surface area contributed by atoms with Gasteiger partial charge in [0.15, 0.2) is 5.65 Å². The molecular formula is C18H22N6O2. The molecule has 0 spiro atoms. The van der Waals surface area contributed by atoms with Crippen LogP contribution in [0.15, 0.2) is 24.3 Å². The van der Waals surface area contributed by atoms with Gasteiger partial charge < -0.3 is 15.0 Å². The lowest BCUT2D eigenvalue weighted by Gasteiger charge is -2.32. The number of carbonyl (C=O) groups excluding carboxylic acids is 1. The number of aromatic nitrogens is 4. The zero-order valence-electron chi connectivity index (χ0n) is 15.0. The number of likely N-dealkylation sites (tertiary alicyclic amines) is 1. The van der Waals surface area contributed by atoms with Crippen LogP contribution in [-0.2, 0) is 4.74 Å². The summed E-state index contributed by atoms with van der Waals surface area (Å²) in [6.45, 7) is 5.50. The van der Waals surface area contributed by atoms with Crippen molar-refractivity contribution >= 4 is 28.6 Å². The molecule has 8 nitrogen and oxygen atoms in total. The van der Waals surface area contributed by atoms with Gasteiger partial charge in [0.25, 0.3) is 0 Å². The Morgan fingerprint density at radius 3 is 2.81 bits per heavy atom. The quantitative estimate of drug-likeness (QED) is 0.778. The molecule has 0 radical (unpaired) electrons. The molecule has 3 heterocycles. The van der Waals surface area contributed by atoms with E-state index in [1.807, 2.05) is 42.5 Å². The molecule has 136 valence electrons. The zero-order chi connectivity index (χ0) is 18.1. The van der Waals surface area contributed by atoms with Crippen molar-refractivity contribution in [3.8, 4) is 0 Å². The molecule has 0 unspecified atom stereocenters. The Labute approximate surface area is 151 Å². The van der Waals surface area contributed by atoms with E-state index >= 15 is 0 Å². The standard InChI is InChI=1S/C18H22N6O2/c1-3-26-18(25)23-10-8-13(9-11-23)19-17-20-15-7-5-4-6-14(15)16-22-21-12(2)24(16)17/h4-7,13H,3,8-11H2,1-2H3,(H,19,20). The lowest BCUT2D eigenvalue weighted by atomic mass is 10.1. The number of piperidine rings is 1. The maximum Gasteiger partial charge on any atom is 0.409 e. The van der Waals surface area contributed by atoms with Crippen LogP contribution in [0.2, 0.25) is 0 Å². The van der Waals surface area contributed by atoms with Gasteiger partial charge in [-0.2, -0.15) is 0 Å². The summed E-state index contributed by atoms with van der Waals surface area (Å²) in [4.78, 5) is 18.4. The first-order valence-electron chi connectivity index (χ1n) is 8.96. The second-order valence-electron chi connectivity index (χ2n) is 6.46. The van der Waals surface area contributed by atoms with Gasteiger partial charge in [-0.3, -0.25) is 0 Å². The van der Waals surface area contributed by atoms with Crippen molar-refractivity contribution in [2.75, 3.05) is 25.0 Å². The van der Waals surface area contributed by atoms with E-state index in [0.717, 1.165) is 41.2 Å². The molecular weight excluding hydrogens is 332 g/mol. The van der Waals surface area contributed by atoms with E-state index in [1.165, 1.54) is 0 Å². The highest BCUT2D eigenvalue weighted by Gasteiger charge is 2.24. The highest BCUT2D eigenvalue weighted by Crippen LogP contribution is 2.23. The van der Waals surface area contributed by atoms with E-state index < -0.39 is 0 Å². The smallest absolute Gasteiger partial charge is 0.409 e. The van der Waals surface area contributed by atoms with Gasteiger partial charge in [0.2, 0.25) is 5.95 Å². The fraction of sp³-hybridized carbons (Fsp3) is 0.444. The van der Waals surface area contributed by atoms with Gasteiger partial charge in [-0.05, 0) is 38.8 Å². The number of amides is 1. The van der Waals surface area contributed by atoms with E-state index in [9.17, 15) is 4.79 Å². The maximum atomic E-state index is 11.8. The van der Waals surface area contributed by atoms with Crippen LogP contribution in [-0.4, -0.2) is 56.3 Å². The Bertz CT molecular complexity index is 945. The molecule has 0 bridgehead atoms. The first-order chi connectivity index (χ1) is 12.7. The number of anilines is 1. The highest BCUT2D eigenvalue weighted by atomic mass is 16.6. The van der Waals surface area contributed by atoms with Crippen molar-refractivity contribution in [2.24, 2.45) is 0 Å². The van der Waals surface area contributed by atoms with E-state index in [-0.39, 0.29) is 12.1 Å². The van der Waals surface area contributed by atoms with Crippen LogP contribution >= 0.6 is 0 Å². The Balaban J connectivity index is 1.58. The van der Waals surface area contributed by atoms with Crippen LogP contribution in [0.25, 0.3) is 16.6 Å². The molecule has 2 aromatic heterocycles. The Kier molecular flexibility index (Phi) is 4.32. The zero-order valence-corrected chi connectivity index (χ0v) is 15.0. The van der Waals surface area contributed by atoms with Crippen molar-refractivity contribution < 1.29 is 9.53 Å². The van der Waals surface area contributed by atoms with Gasteiger partial charge >= 0.3 is 6.09 Å². The van der Waals surface area contributed by atoms with Crippen molar-refractivity contribution in [3.05, 3.63) is 30.1 Å². The number of carbonyl (C=O) groups is 1. The highest BCUT2D eigenvalue weighted by molar-refractivity contribution is 5.92. The second-order valence-corrected chi connectivity index (χ2v) is 6.46. The minimum Gasteiger partial charge on any atom is -0.450 e. The summed E-state index contributed by atoms with van der Waals surface area (Å²) >= 11 is 0. The SMILES string of the molecule is CCOC(=O)N1CCC(Nc2nc3ccccc3c3nnc(C)n23)CC1. The van der Waals surface area contributed by atoms with Gasteiger partial charge in [0.1, 0.15) is 5.82 Å².